The zero-order chi connectivity index (χ0) is 20.1. The molecule has 1 heterocycles. The normalized spacial score (nSPS) is 10.4. The predicted molar refractivity (Wildman–Crippen MR) is 110 cm³/mol. The number of halogens is 1. The number of nitrogens with zero attached hydrogens (tertiary/aromatic N) is 1. The van der Waals surface area contributed by atoms with Crippen LogP contribution in [-0.2, 0) is 6.61 Å². The van der Waals surface area contributed by atoms with Gasteiger partial charge in [0.1, 0.15) is 33.7 Å². The summed E-state index contributed by atoms with van der Waals surface area (Å²) in [6.45, 7) is 2.07. The molecular weight excluding hydrogens is 400 g/mol. The number of rotatable bonds is 7. The van der Waals surface area contributed by atoms with Gasteiger partial charge in [-0.1, -0.05) is 11.6 Å². The van der Waals surface area contributed by atoms with Crippen LogP contribution in [0.5, 0.6) is 17.2 Å². The summed E-state index contributed by atoms with van der Waals surface area (Å²) in [6, 6.07) is 12.3. The lowest BCUT2D eigenvalue weighted by molar-refractivity contribution is 0.103. The van der Waals surface area contributed by atoms with Crippen LogP contribution in [0.2, 0.25) is 5.02 Å². The largest absolute Gasteiger partial charge is 0.497 e. The minimum atomic E-state index is -0.247. The fraction of sp³-hybridized carbons (Fsp3) is 0.200. The Hall–Kier alpha value is -2.77. The molecule has 2 aromatic carbocycles. The summed E-state index contributed by atoms with van der Waals surface area (Å²) in [5.74, 6) is 1.62. The number of carbonyl (C=O) groups excluding carboxylic acids is 1. The zero-order valence-electron chi connectivity index (χ0n) is 15.6. The highest BCUT2D eigenvalue weighted by Crippen LogP contribution is 2.27. The van der Waals surface area contributed by atoms with Crippen LogP contribution in [0.15, 0.2) is 42.5 Å². The van der Waals surface area contributed by atoms with E-state index in [1.165, 1.54) is 11.3 Å². The van der Waals surface area contributed by atoms with E-state index in [0.717, 1.165) is 0 Å². The molecule has 0 aliphatic carbocycles. The van der Waals surface area contributed by atoms with Crippen molar-refractivity contribution in [3.05, 3.63) is 63.1 Å². The lowest BCUT2D eigenvalue weighted by atomic mass is 10.2. The first-order valence-corrected chi connectivity index (χ1v) is 9.57. The molecule has 28 heavy (non-hydrogen) atoms. The monoisotopic (exact) mass is 418 g/mol. The van der Waals surface area contributed by atoms with E-state index in [1.807, 2.05) is 0 Å². The lowest BCUT2D eigenvalue weighted by Crippen LogP contribution is -2.11. The van der Waals surface area contributed by atoms with Crippen LogP contribution >= 0.6 is 22.9 Å². The van der Waals surface area contributed by atoms with Gasteiger partial charge in [-0.3, -0.25) is 4.79 Å². The molecule has 0 radical (unpaired) electrons. The molecule has 3 aromatic rings. The smallest absolute Gasteiger partial charge is 0.267 e. The van der Waals surface area contributed by atoms with Gasteiger partial charge in [0, 0.05) is 28.9 Å². The molecule has 0 atom stereocenters. The molecule has 0 bridgehead atoms. The first-order valence-electron chi connectivity index (χ1n) is 8.37. The number of aromatic nitrogens is 1. The molecule has 6 nitrogen and oxygen atoms in total. The Labute approximate surface area is 172 Å². The molecule has 0 spiro atoms. The number of methoxy groups -OCH3 is 2. The molecule has 0 aliphatic rings. The first kappa shape index (κ1) is 20.0. The van der Waals surface area contributed by atoms with E-state index in [1.54, 1.807) is 63.6 Å². The van der Waals surface area contributed by atoms with Crippen LogP contribution in [0.1, 0.15) is 20.4 Å². The molecule has 0 saturated carbocycles. The third-order valence-corrected chi connectivity index (χ3v) is 5.21. The van der Waals surface area contributed by atoms with Gasteiger partial charge in [0.2, 0.25) is 0 Å². The van der Waals surface area contributed by atoms with E-state index < -0.39 is 0 Å². The topological polar surface area (TPSA) is 69.7 Å². The molecule has 146 valence electrons. The van der Waals surface area contributed by atoms with Crippen molar-refractivity contribution < 1.29 is 19.0 Å². The van der Waals surface area contributed by atoms with Gasteiger partial charge in [0.25, 0.3) is 5.91 Å². The van der Waals surface area contributed by atoms with E-state index in [9.17, 15) is 4.79 Å². The van der Waals surface area contributed by atoms with Crippen molar-refractivity contribution in [3.63, 3.8) is 0 Å². The van der Waals surface area contributed by atoms with E-state index in [-0.39, 0.29) is 12.5 Å². The van der Waals surface area contributed by atoms with Crippen LogP contribution in [0, 0.1) is 6.92 Å². The number of hydrogen-bond acceptors (Lipinski definition) is 6. The number of hydrogen-bond donors (Lipinski definition) is 1. The van der Waals surface area contributed by atoms with Crippen LogP contribution in [-0.4, -0.2) is 25.1 Å². The third-order valence-electron chi connectivity index (χ3n) is 3.83. The van der Waals surface area contributed by atoms with Gasteiger partial charge >= 0.3 is 0 Å². The molecule has 0 saturated heterocycles. The number of carbonyl (C=O) groups is 1. The SMILES string of the molecule is COc1cc(NC(=O)c2sc(COc3ccc(Cl)cc3)nc2C)cc(OC)c1. The van der Waals surface area contributed by atoms with Gasteiger partial charge in [-0.25, -0.2) is 4.98 Å². The van der Waals surface area contributed by atoms with Crippen molar-refractivity contribution in [2.75, 3.05) is 19.5 Å². The van der Waals surface area contributed by atoms with Gasteiger partial charge < -0.3 is 19.5 Å². The van der Waals surface area contributed by atoms with Crippen LogP contribution in [0.4, 0.5) is 5.69 Å². The number of ether oxygens (including phenoxy) is 3. The van der Waals surface area contributed by atoms with Gasteiger partial charge in [-0.2, -0.15) is 0 Å². The van der Waals surface area contributed by atoms with E-state index in [0.29, 0.717) is 43.5 Å². The molecule has 3 rings (SSSR count). The fourth-order valence-electron chi connectivity index (χ4n) is 2.47. The van der Waals surface area contributed by atoms with Gasteiger partial charge in [0.05, 0.1) is 19.9 Å². The second-order valence-electron chi connectivity index (χ2n) is 5.82. The van der Waals surface area contributed by atoms with Crippen molar-refractivity contribution in [1.82, 2.24) is 4.98 Å². The standard InChI is InChI=1S/C20H19ClN2O4S/c1-12-19(20(24)23-14-8-16(25-2)10-17(9-14)26-3)28-18(22-12)11-27-15-6-4-13(21)5-7-15/h4-10H,11H2,1-3H3,(H,23,24). The van der Waals surface area contributed by atoms with Gasteiger partial charge in [0.15, 0.2) is 0 Å². The average Bonchev–Trinajstić information content (AvgIpc) is 3.08. The highest BCUT2D eigenvalue weighted by atomic mass is 35.5. The molecular formula is C20H19ClN2O4S. The predicted octanol–water partition coefficient (Wildman–Crippen LogP) is 4.95. The molecule has 0 fully saturated rings. The number of nitrogens with one attached hydrogen (secondary N) is 1. The molecule has 8 heteroatoms. The summed E-state index contributed by atoms with van der Waals surface area (Å²) in [5.41, 5.74) is 1.22. The molecule has 1 N–H and O–H groups in total. The number of anilines is 1. The Kier molecular flexibility index (Phi) is 6.38. The van der Waals surface area contributed by atoms with Gasteiger partial charge in [-0.05, 0) is 31.2 Å². The van der Waals surface area contributed by atoms with Crippen molar-refractivity contribution >= 4 is 34.5 Å². The van der Waals surface area contributed by atoms with Crippen LogP contribution < -0.4 is 19.5 Å². The van der Waals surface area contributed by atoms with Crippen molar-refractivity contribution in [1.29, 1.82) is 0 Å². The third kappa shape index (κ3) is 4.94. The summed E-state index contributed by atoms with van der Waals surface area (Å²) >= 11 is 7.16. The van der Waals surface area contributed by atoms with E-state index in [4.69, 9.17) is 25.8 Å². The van der Waals surface area contributed by atoms with Crippen LogP contribution in [0.3, 0.4) is 0 Å². The zero-order valence-corrected chi connectivity index (χ0v) is 17.2. The maximum atomic E-state index is 12.7. The Balaban J connectivity index is 1.70. The minimum absolute atomic E-state index is 0.247. The number of benzene rings is 2. The Bertz CT molecular complexity index is 951. The van der Waals surface area contributed by atoms with E-state index in [2.05, 4.69) is 10.3 Å². The lowest BCUT2D eigenvalue weighted by Gasteiger charge is -2.09. The highest BCUT2D eigenvalue weighted by Gasteiger charge is 2.16. The van der Waals surface area contributed by atoms with Crippen LogP contribution in [0.25, 0.3) is 0 Å². The number of amides is 1. The van der Waals surface area contributed by atoms with Crippen molar-refractivity contribution in [2.45, 2.75) is 13.5 Å². The molecule has 0 unspecified atom stereocenters. The average molecular weight is 419 g/mol. The molecule has 1 aromatic heterocycles. The van der Waals surface area contributed by atoms with Gasteiger partial charge in [-0.15, -0.1) is 11.3 Å². The molecule has 1 amide bonds. The maximum Gasteiger partial charge on any atom is 0.267 e. The van der Waals surface area contributed by atoms with Crippen molar-refractivity contribution in [3.8, 4) is 17.2 Å². The number of thiazole rings is 1. The minimum Gasteiger partial charge on any atom is -0.497 e. The van der Waals surface area contributed by atoms with Crippen molar-refractivity contribution in [2.24, 2.45) is 0 Å². The molecule has 0 aliphatic heterocycles. The summed E-state index contributed by atoms with van der Waals surface area (Å²) in [6.07, 6.45) is 0. The number of aryl methyl sites for hydroxylation is 1. The quantitative estimate of drug-likeness (QED) is 0.587. The summed E-state index contributed by atoms with van der Waals surface area (Å²) in [7, 11) is 3.11. The fourth-order valence-corrected chi connectivity index (χ4v) is 3.47. The first-order chi connectivity index (χ1) is 13.5. The second kappa shape index (κ2) is 8.95. The Morgan fingerprint density at radius 1 is 1.07 bits per heavy atom. The summed E-state index contributed by atoms with van der Waals surface area (Å²) < 4.78 is 16.2. The summed E-state index contributed by atoms with van der Waals surface area (Å²) in [4.78, 5) is 17.6. The Morgan fingerprint density at radius 2 is 1.71 bits per heavy atom. The summed E-state index contributed by atoms with van der Waals surface area (Å²) in [5, 5.41) is 4.21. The Morgan fingerprint density at radius 3 is 2.32 bits per heavy atom. The maximum absolute atomic E-state index is 12.7. The highest BCUT2D eigenvalue weighted by molar-refractivity contribution is 7.13. The van der Waals surface area contributed by atoms with E-state index >= 15 is 0 Å². The second-order valence-corrected chi connectivity index (χ2v) is 7.34.